The number of H-pyrrole nitrogens is 1. The average Bonchev–Trinajstić information content (AvgIpc) is 3.05. The molecule has 21 heavy (non-hydrogen) atoms. The summed E-state index contributed by atoms with van der Waals surface area (Å²) in [4.78, 5) is 20.6. The monoisotopic (exact) mass is 302 g/mol. The van der Waals surface area contributed by atoms with E-state index >= 15 is 0 Å². The Balaban J connectivity index is 1.82. The van der Waals surface area contributed by atoms with Gasteiger partial charge in [-0.05, 0) is 25.1 Å². The lowest BCUT2D eigenvalue weighted by Crippen LogP contribution is -2.35. The molecule has 1 atom stereocenters. The van der Waals surface area contributed by atoms with Crippen molar-refractivity contribution in [2.45, 2.75) is 18.3 Å². The lowest BCUT2D eigenvalue weighted by molar-refractivity contribution is 0.296. The molecule has 3 rings (SSSR count). The van der Waals surface area contributed by atoms with E-state index in [0.717, 1.165) is 29.1 Å². The third kappa shape index (κ3) is 2.88. The van der Waals surface area contributed by atoms with Gasteiger partial charge in [-0.1, -0.05) is 12.1 Å². The van der Waals surface area contributed by atoms with E-state index in [-0.39, 0.29) is 5.37 Å². The summed E-state index contributed by atoms with van der Waals surface area (Å²) in [6.07, 6.45) is 2.57. The molecule has 1 unspecified atom stereocenters. The van der Waals surface area contributed by atoms with Gasteiger partial charge in [-0.2, -0.15) is 0 Å². The molecule has 2 aromatic rings. The molecule has 0 bridgehead atoms. The topological polar surface area (TPSA) is 87.0 Å². The van der Waals surface area contributed by atoms with Crippen LogP contribution in [-0.2, 0) is 11.3 Å². The number of thioether (sulfide) groups is 1. The number of aromatic amines is 1. The number of hydrogen-bond donors (Lipinski definition) is 3. The molecule has 1 aromatic heterocycles. The fraction of sp³-hybridized carbons (Fsp3) is 0.286. The fourth-order valence-corrected chi connectivity index (χ4v) is 3.48. The second-order valence-electron chi connectivity index (χ2n) is 4.73. The third-order valence-corrected chi connectivity index (χ3v) is 4.51. The van der Waals surface area contributed by atoms with Gasteiger partial charge in [0.05, 0.1) is 23.0 Å². The number of imidazole rings is 1. The molecule has 0 saturated carbocycles. The smallest absolute Gasteiger partial charge is 0.315 e. The second-order valence-corrected chi connectivity index (χ2v) is 5.78. The number of nitrogens with one attached hydrogen (secondary N) is 2. The second kappa shape index (κ2) is 6.19. The van der Waals surface area contributed by atoms with E-state index in [1.807, 2.05) is 29.7 Å². The van der Waals surface area contributed by atoms with E-state index in [1.54, 1.807) is 18.2 Å². The third-order valence-electron chi connectivity index (χ3n) is 3.35. The molecule has 0 saturated heterocycles. The first-order valence-corrected chi connectivity index (χ1v) is 7.65. The van der Waals surface area contributed by atoms with E-state index in [0.29, 0.717) is 13.1 Å². The number of fused-ring (bicyclic) bond motifs is 1. The number of benzene rings is 1. The van der Waals surface area contributed by atoms with Gasteiger partial charge in [0.25, 0.3) is 0 Å². The number of aromatic nitrogens is 2. The van der Waals surface area contributed by atoms with Crippen molar-refractivity contribution in [3.63, 3.8) is 0 Å². The molecule has 0 aliphatic carbocycles. The Hall–Kier alpha value is -1.99. The first kappa shape index (κ1) is 14.0. The van der Waals surface area contributed by atoms with Gasteiger partial charge in [0.2, 0.25) is 0 Å². The van der Waals surface area contributed by atoms with Gasteiger partial charge >= 0.3 is 6.41 Å². The normalized spacial score (nSPS) is 18.0. The van der Waals surface area contributed by atoms with Crippen LogP contribution in [0.1, 0.15) is 12.2 Å². The lowest BCUT2D eigenvalue weighted by Gasteiger charge is -2.27. The summed E-state index contributed by atoms with van der Waals surface area (Å²) in [5, 5.41) is 4.75. The Morgan fingerprint density at radius 3 is 3.10 bits per heavy atom. The Kier molecular flexibility index (Phi) is 4.12. The Labute approximate surface area is 126 Å². The summed E-state index contributed by atoms with van der Waals surface area (Å²) >= 11 is 1.65. The summed E-state index contributed by atoms with van der Waals surface area (Å²) in [7, 11) is 0. The quantitative estimate of drug-likeness (QED) is 0.699. The molecular formula is C14H16N5OS. The van der Waals surface area contributed by atoms with Crippen LogP contribution in [-0.4, -0.2) is 33.2 Å². The van der Waals surface area contributed by atoms with Gasteiger partial charge in [0.1, 0.15) is 11.6 Å². The predicted octanol–water partition coefficient (Wildman–Crippen LogP) is 1.24. The van der Waals surface area contributed by atoms with E-state index in [4.69, 9.17) is 5.73 Å². The molecule has 6 nitrogen and oxygen atoms in total. The van der Waals surface area contributed by atoms with Crippen LogP contribution in [0.15, 0.2) is 35.5 Å². The molecule has 4 N–H and O–H groups in total. The molecule has 109 valence electrons. The van der Waals surface area contributed by atoms with E-state index in [2.05, 4.69) is 20.2 Å². The number of carbonyl (C=O) groups excluding carboxylic acids is 1. The van der Waals surface area contributed by atoms with Crippen molar-refractivity contribution in [2.24, 2.45) is 5.73 Å². The summed E-state index contributed by atoms with van der Waals surface area (Å²) < 4.78 is 0. The maximum absolute atomic E-state index is 10.6. The maximum atomic E-state index is 10.6. The molecule has 0 spiro atoms. The molecule has 7 heteroatoms. The Morgan fingerprint density at radius 2 is 2.33 bits per heavy atom. The number of hydrogen-bond acceptors (Lipinski definition) is 5. The van der Waals surface area contributed by atoms with Crippen LogP contribution in [0.3, 0.4) is 0 Å². The van der Waals surface area contributed by atoms with Crippen LogP contribution in [0.2, 0.25) is 0 Å². The first-order valence-electron chi connectivity index (χ1n) is 6.71. The van der Waals surface area contributed by atoms with E-state index in [9.17, 15) is 4.79 Å². The van der Waals surface area contributed by atoms with E-state index in [1.165, 1.54) is 0 Å². The zero-order chi connectivity index (χ0) is 14.7. The summed E-state index contributed by atoms with van der Waals surface area (Å²) in [5.41, 5.74) is 7.61. The van der Waals surface area contributed by atoms with Gasteiger partial charge in [-0.15, -0.1) is 11.8 Å². The highest BCUT2D eigenvalue weighted by molar-refractivity contribution is 8.02. The van der Waals surface area contributed by atoms with Crippen molar-refractivity contribution in [3.05, 3.63) is 41.3 Å². The number of nitrogens with zero attached hydrogens (tertiary/aromatic N) is 2. The highest BCUT2D eigenvalue weighted by Crippen LogP contribution is 2.32. The standard InChI is InChI=1S/C14H16N5OS/c15-6-5-14-19(13(8-21-14)16-9-20)7-12-17-10-3-1-2-4-11(10)18-12/h1-4,8,14H,5-7,15H2,(H,16,20)(H,17,18). The van der Waals surface area contributed by atoms with Gasteiger partial charge in [0, 0.05) is 5.41 Å². The Bertz CT molecular complexity index is 635. The van der Waals surface area contributed by atoms with Gasteiger partial charge in [-0.25, -0.2) is 4.98 Å². The fourth-order valence-electron chi connectivity index (χ4n) is 2.39. The van der Waals surface area contributed by atoms with E-state index < -0.39 is 0 Å². The average molecular weight is 302 g/mol. The number of amides is 1. The summed E-state index contributed by atoms with van der Waals surface area (Å²) in [5.74, 6) is 1.60. The number of rotatable bonds is 6. The van der Waals surface area contributed by atoms with Crippen molar-refractivity contribution in [1.82, 2.24) is 20.2 Å². The number of nitrogens with two attached hydrogens (primary N) is 1. The summed E-state index contributed by atoms with van der Waals surface area (Å²) in [6, 6.07) is 7.90. The van der Waals surface area contributed by atoms with Crippen molar-refractivity contribution < 1.29 is 4.79 Å². The van der Waals surface area contributed by atoms with Crippen LogP contribution in [0.4, 0.5) is 0 Å². The zero-order valence-electron chi connectivity index (χ0n) is 11.4. The zero-order valence-corrected chi connectivity index (χ0v) is 12.2. The maximum Gasteiger partial charge on any atom is 0.315 e. The minimum absolute atomic E-state index is 0.207. The van der Waals surface area contributed by atoms with Crippen molar-refractivity contribution in [2.75, 3.05) is 6.54 Å². The Morgan fingerprint density at radius 1 is 1.48 bits per heavy atom. The van der Waals surface area contributed by atoms with Crippen LogP contribution >= 0.6 is 11.8 Å². The molecule has 0 fully saturated rings. The molecular weight excluding hydrogens is 286 g/mol. The molecule has 1 radical (unpaired) electrons. The first-order chi connectivity index (χ1) is 10.3. The van der Waals surface area contributed by atoms with Gasteiger partial charge < -0.3 is 20.9 Å². The molecule has 1 aromatic carbocycles. The highest BCUT2D eigenvalue weighted by Gasteiger charge is 2.27. The minimum atomic E-state index is 0.207. The van der Waals surface area contributed by atoms with Crippen molar-refractivity contribution in [3.8, 4) is 0 Å². The van der Waals surface area contributed by atoms with Gasteiger partial charge in [0.15, 0.2) is 0 Å². The highest BCUT2D eigenvalue weighted by atomic mass is 32.2. The molecule has 1 aliphatic heterocycles. The minimum Gasteiger partial charge on any atom is -0.340 e. The predicted molar refractivity (Wildman–Crippen MR) is 83.6 cm³/mol. The SMILES string of the molecule is NCCC1SC=C(N[C]=O)N1Cc1nc2ccccc2[nH]1. The van der Waals surface area contributed by atoms with Crippen LogP contribution in [0.5, 0.6) is 0 Å². The van der Waals surface area contributed by atoms with Gasteiger partial charge in [-0.3, -0.25) is 4.79 Å². The van der Waals surface area contributed by atoms with Crippen LogP contribution in [0, 0.1) is 0 Å². The molecule has 1 amide bonds. The van der Waals surface area contributed by atoms with Crippen molar-refractivity contribution in [1.29, 1.82) is 0 Å². The summed E-state index contributed by atoms with van der Waals surface area (Å²) in [6.45, 7) is 1.19. The van der Waals surface area contributed by atoms with Crippen molar-refractivity contribution >= 4 is 29.2 Å². The molecule has 1 aliphatic rings. The van der Waals surface area contributed by atoms with Crippen LogP contribution < -0.4 is 11.1 Å². The molecule has 2 heterocycles. The van der Waals surface area contributed by atoms with Crippen LogP contribution in [0.25, 0.3) is 11.0 Å². The number of para-hydroxylation sites is 2. The largest absolute Gasteiger partial charge is 0.340 e. The lowest BCUT2D eigenvalue weighted by atomic mass is 10.3.